The fourth-order valence-electron chi connectivity index (χ4n) is 4.29. The van der Waals surface area contributed by atoms with E-state index >= 15 is 0 Å². The summed E-state index contributed by atoms with van der Waals surface area (Å²) in [7, 11) is -2.18. The number of piperazine rings is 1. The molecule has 8 nitrogen and oxygen atoms in total. The van der Waals surface area contributed by atoms with Gasteiger partial charge in [0.1, 0.15) is 29.1 Å². The second kappa shape index (κ2) is 9.06. The minimum absolute atomic E-state index is 0.0375. The number of aliphatic imine (C=N–C) groups is 1. The van der Waals surface area contributed by atoms with Crippen LogP contribution in [0, 0.1) is 18.3 Å². The van der Waals surface area contributed by atoms with Crippen molar-refractivity contribution in [2.75, 3.05) is 33.3 Å². The van der Waals surface area contributed by atoms with Crippen LogP contribution in [0.25, 0.3) is 0 Å². The Bertz CT molecular complexity index is 1470. The molecule has 1 saturated heterocycles. The summed E-state index contributed by atoms with van der Waals surface area (Å²) in [6.07, 6.45) is 0. The molecule has 0 radical (unpaired) electrons. The van der Waals surface area contributed by atoms with E-state index in [4.69, 9.17) is 14.5 Å². The van der Waals surface area contributed by atoms with Gasteiger partial charge in [-0.3, -0.25) is 0 Å². The summed E-state index contributed by atoms with van der Waals surface area (Å²) in [5, 5.41) is 9.37. The first-order chi connectivity index (χ1) is 16.9. The molecule has 0 aliphatic carbocycles. The van der Waals surface area contributed by atoms with Gasteiger partial charge in [0.15, 0.2) is 5.75 Å². The molecule has 0 saturated carbocycles. The molecule has 35 heavy (non-hydrogen) atoms. The number of nitrogens with zero attached hydrogens (tertiary/aromatic N) is 4. The fraction of sp³-hybridized carbons (Fsp3) is 0.231. The molecule has 0 atom stereocenters. The maximum Gasteiger partial charge on any atom is 0.244 e. The first-order valence-corrected chi connectivity index (χ1v) is 12.6. The van der Waals surface area contributed by atoms with Crippen LogP contribution >= 0.6 is 0 Å². The summed E-state index contributed by atoms with van der Waals surface area (Å²) in [5.41, 5.74) is 2.70. The molecule has 9 heteroatoms. The van der Waals surface area contributed by atoms with Gasteiger partial charge in [0, 0.05) is 26.2 Å². The predicted molar refractivity (Wildman–Crippen MR) is 132 cm³/mol. The number of hydrogen-bond donors (Lipinski definition) is 0. The molecule has 0 aromatic heterocycles. The molecule has 0 spiro atoms. The second-order valence-electron chi connectivity index (χ2n) is 8.37. The second-order valence-corrected chi connectivity index (χ2v) is 10.3. The predicted octanol–water partition coefficient (Wildman–Crippen LogP) is 4.07. The summed E-state index contributed by atoms with van der Waals surface area (Å²) < 4.78 is 39.6. The first-order valence-electron chi connectivity index (χ1n) is 11.2. The lowest BCUT2D eigenvalue weighted by Crippen LogP contribution is -2.50. The van der Waals surface area contributed by atoms with Gasteiger partial charge in [-0.2, -0.15) is 9.57 Å². The van der Waals surface area contributed by atoms with Gasteiger partial charge in [0.2, 0.25) is 10.0 Å². The number of nitriles is 1. The third-order valence-electron chi connectivity index (χ3n) is 6.15. The van der Waals surface area contributed by atoms with Gasteiger partial charge in [-0.25, -0.2) is 13.4 Å². The lowest BCUT2D eigenvalue weighted by Gasteiger charge is -2.36. The van der Waals surface area contributed by atoms with E-state index in [9.17, 15) is 13.7 Å². The lowest BCUT2D eigenvalue weighted by atomic mass is 10.1. The Morgan fingerprint density at radius 2 is 1.77 bits per heavy atom. The number of amidine groups is 1. The van der Waals surface area contributed by atoms with Gasteiger partial charge >= 0.3 is 0 Å². The van der Waals surface area contributed by atoms with E-state index in [0.717, 1.165) is 11.1 Å². The number of rotatable bonds is 3. The number of aryl methyl sites for hydroxylation is 1. The maximum absolute atomic E-state index is 13.3. The fourth-order valence-corrected chi connectivity index (χ4v) is 5.86. The van der Waals surface area contributed by atoms with Gasteiger partial charge < -0.3 is 14.4 Å². The Kier molecular flexibility index (Phi) is 5.93. The number of fused-ring (bicyclic) bond motifs is 2. The summed E-state index contributed by atoms with van der Waals surface area (Å²) in [6.45, 7) is 3.40. The first kappa shape index (κ1) is 22.9. The van der Waals surface area contributed by atoms with Gasteiger partial charge in [-0.05, 0) is 55.0 Å². The smallest absolute Gasteiger partial charge is 0.244 e. The molecule has 0 amide bonds. The van der Waals surface area contributed by atoms with Crippen molar-refractivity contribution in [1.29, 1.82) is 5.26 Å². The molecule has 2 aliphatic heterocycles. The van der Waals surface area contributed by atoms with Crippen LogP contribution in [0.1, 0.15) is 16.7 Å². The molecule has 1 fully saturated rings. The van der Waals surface area contributed by atoms with E-state index in [1.165, 1.54) is 16.4 Å². The van der Waals surface area contributed by atoms with E-state index in [1.807, 2.05) is 49.4 Å². The van der Waals surface area contributed by atoms with Crippen molar-refractivity contribution in [2.24, 2.45) is 4.99 Å². The molecule has 2 heterocycles. The normalized spacial score (nSPS) is 15.7. The molecular formula is C26H24N4O4S. The molecule has 178 valence electrons. The number of sulfonamides is 1. The van der Waals surface area contributed by atoms with Gasteiger partial charge in [-0.15, -0.1) is 0 Å². The molecule has 5 rings (SSSR count). The maximum atomic E-state index is 13.3. The average molecular weight is 489 g/mol. The van der Waals surface area contributed by atoms with E-state index in [1.54, 1.807) is 19.2 Å². The van der Waals surface area contributed by atoms with E-state index < -0.39 is 10.0 Å². The quantitative estimate of drug-likeness (QED) is 0.552. The Morgan fingerprint density at radius 3 is 2.51 bits per heavy atom. The standard InChI is InChI=1S/C26H24N4O4S/c1-18-7-9-22-24(15-18)34-23-10-8-20(33-2)16-21(23)26(28-22)29-11-13-30(14-12-29)35(31,32)25-6-4-3-5-19(25)17-27/h3-10,15-16H,11-14H2,1-2H3. The van der Waals surface area contributed by atoms with Crippen molar-refractivity contribution in [1.82, 2.24) is 9.21 Å². The van der Waals surface area contributed by atoms with E-state index in [0.29, 0.717) is 41.9 Å². The Hall–Kier alpha value is -3.87. The molecule has 0 unspecified atom stereocenters. The zero-order valence-electron chi connectivity index (χ0n) is 19.4. The van der Waals surface area contributed by atoms with E-state index in [2.05, 4.69) is 4.90 Å². The van der Waals surface area contributed by atoms with Crippen molar-refractivity contribution >= 4 is 21.5 Å². The minimum Gasteiger partial charge on any atom is -0.497 e. The number of benzene rings is 3. The average Bonchev–Trinajstić information content (AvgIpc) is 3.04. The van der Waals surface area contributed by atoms with Gasteiger partial charge in [0.25, 0.3) is 0 Å². The summed E-state index contributed by atoms with van der Waals surface area (Å²) in [6, 6.07) is 19.7. The highest BCUT2D eigenvalue weighted by atomic mass is 32.2. The topological polar surface area (TPSA) is 95.2 Å². The SMILES string of the molecule is COc1ccc2c(c1)C(N1CCN(S(=O)(=O)c3ccccc3C#N)CC1)=Nc1ccc(C)cc1O2. The van der Waals surface area contributed by atoms with Gasteiger partial charge in [0.05, 0.1) is 23.1 Å². The van der Waals surface area contributed by atoms with Gasteiger partial charge in [-0.1, -0.05) is 18.2 Å². The largest absolute Gasteiger partial charge is 0.497 e. The van der Waals surface area contributed by atoms with Crippen molar-refractivity contribution in [3.8, 4) is 23.3 Å². The molecule has 3 aromatic rings. The van der Waals surface area contributed by atoms with Crippen molar-refractivity contribution in [2.45, 2.75) is 11.8 Å². The zero-order valence-corrected chi connectivity index (χ0v) is 20.2. The van der Waals surface area contributed by atoms with Crippen LogP contribution in [0.3, 0.4) is 0 Å². The molecular weight excluding hydrogens is 464 g/mol. The third kappa shape index (κ3) is 4.22. The number of methoxy groups -OCH3 is 1. The Balaban J connectivity index is 1.48. The van der Waals surface area contributed by atoms with Crippen molar-refractivity contribution in [3.63, 3.8) is 0 Å². The van der Waals surface area contributed by atoms with Crippen LogP contribution in [0.4, 0.5) is 5.69 Å². The van der Waals surface area contributed by atoms with Crippen LogP contribution in [0.15, 0.2) is 70.6 Å². The number of ether oxygens (including phenoxy) is 2. The third-order valence-corrected chi connectivity index (χ3v) is 8.11. The van der Waals surface area contributed by atoms with Crippen molar-refractivity contribution in [3.05, 3.63) is 77.4 Å². The van der Waals surface area contributed by atoms with Crippen LogP contribution < -0.4 is 9.47 Å². The van der Waals surface area contributed by atoms with Crippen LogP contribution in [-0.4, -0.2) is 56.7 Å². The Labute approximate surface area is 204 Å². The molecule has 2 aliphatic rings. The van der Waals surface area contributed by atoms with Crippen molar-refractivity contribution < 1.29 is 17.9 Å². The number of hydrogen-bond acceptors (Lipinski definition) is 7. The summed E-state index contributed by atoms with van der Waals surface area (Å²) in [4.78, 5) is 7.05. The lowest BCUT2D eigenvalue weighted by molar-refractivity contribution is 0.266. The monoisotopic (exact) mass is 488 g/mol. The Morgan fingerprint density at radius 1 is 1.00 bits per heavy atom. The molecule has 3 aromatic carbocycles. The highest BCUT2D eigenvalue weighted by Gasteiger charge is 2.33. The molecule has 0 bridgehead atoms. The van der Waals surface area contributed by atoms with Crippen LogP contribution in [0.2, 0.25) is 0 Å². The molecule has 0 N–H and O–H groups in total. The minimum atomic E-state index is -3.79. The zero-order chi connectivity index (χ0) is 24.6. The van der Waals surface area contributed by atoms with E-state index in [-0.39, 0.29) is 23.5 Å². The van der Waals surface area contributed by atoms with Crippen LogP contribution in [0.5, 0.6) is 17.2 Å². The highest BCUT2D eigenvalue weighted by molar-refractivity contribution is 7.89. The van der Waals surface area contributed by atoms with Crippen LogP contribution in [-0.2, 0) is 10.0 Å². The summed E-state index contributed by atoms with van der Waals surface area (Å²) in [5.74, 6) is 2.71. The highest BCUT2D eigenvalue weighted by Crippen LogP contribution is 2.40. The summed E-state index contributed by atoms with van der Waals surface area (Å²) >= 11 is 0.